The highest BCUT2D eigenvalue weighted by Crippen LogP contribution is 2.27. The molecule has 0 saturated heterocycles. The number of thioether (sulfide) groups is 1. The molecule has 2 aliphatic rings. The number of nitrogens with one attached hydrogen (secondary N) is 2. The lowest BCUT2D eigenvalue weighted by molar-refractivity contribution is 0.578. The Hall–Kier alpha value is -0.810. The Morgan fingerprint density at radius 3 is 2.89 bits per heavy atom. The number of fused-ring (bicyclic) bond motifs is 1. The van der Waals surface area contributed by atoms with Gasteiger partial charge in [0.2, 0.25) is 0 Å². The minimum absolute atomic E-state index is 0.836. The first-order chi connectivity index (χ1) is 8.86. The SMILES string of the molecule is CSc1nc2c(c(NCC3CCCC3)n1)CNC2. The molecule has 0 aromatic carbocycles. The molecule has 1 aromatic rings. The van der Waals surface area contributed by atoms with Crippen molar-refractivity contribution in [3.63, 3.8) is 0 Å². The third-order valence-electron chi connectivity index (χ3n) is 3.88. The Bertz CT molecular complexity index is 429. The van der Waals surface area contributed by atoms with Crippen LogP contribution < -0.4 is 10.6 Å². The van der Waals surface area contributed by atoms with Gasteiger partial charge in [0, 0.05) is 25.2 Å². The van der Waals surface area contributed by atoms with Gasteiger partial charge >= 0.3 is 0 Å². The maximum atomic E-state index is 4.62. The number of hydrogen-bond acceptors (Lipinski definition) is 5. The smallest absolute Gasteiger partial charge is 0.189 e. The van der Waals surface area contributed by atoms with Crippen molar-refractivity contribution in [1.82, 2.24) is 15.3 Å². The number of nitrogens with zero attached hydrogens (tertiary/aromatic N) is 2. The van der Waals surface area contributed by atoms with Crippen LogP contribution in [-0.2, 0) is 13.1 Å². The summed E-state index contributed by atoms with van der Waals surface area (Å²) in [5.41, 5.74) is 2.44. The van der Waals surface area contributed by atoms with Crippen LogP contribution in [0.25, 0.3) is 0 Å². The molecule has 3 rings (SSSR count). The largest absolute Gasteiger partial charge is 0.369 e. The van der Waals surface area contributed by atoms with Crippen LogP contribution in [0.2, 0.25) is 0 Å². The second-order valence-corrected chi connectivity index (χ2v) is 5.89. The van der Waals surface area contributed by atoms with Gasteiger partial charge < -0.3 is 10.6 Å². The van der Waals surface area contributed by atoms with Crippen molar-refractivity contribution in [1.29, 1.82) is 0 Å². The Labute approximate surface area is 112 Å². The van der Waals surface area contributed by atoms with Crippen LogP contribution in [-0.4, -0.2) is 22.8 Å². The highest BCUT2D eigenvalue weighted by Gasteiger charge is 2.20. The lowest BCUT2D eigenvalue weighted by atomic mass is 10.1. The van der Waals surface area contributed by atoms with Crippen LogP contribution in [0.1, 0.15) is 36.9 Å². The highest BCUT2D eigenvalue weighted by molar-refractivity contribution is 7.98. The van der Waals surface area contributed by atoms with E-state index in [0.29, 0.717) is 0 Å². The third-order valence-corrected chi connectivity index (χ3v) is 4.43. The van der Waals surface area contributed by atoms with Crippen LogP contribution >= 0.6 is 11.8 Å². The number of rotatable bonds is 4. The summed E-state index contributed by atoms with van der Waals surface area (Å²) >= 11 is 1.62. The van der Waals surface area contributed by atoms with Crippen LogP contribution in [0.3, 0.4) is 0 Å². The lowest BCUT2D eigenvalue weighted by Gasteiger charge is -2.14. The van der Waals surface area contributed by atoms with E-state index in [1.165, 1.54) is 36.9 Å². The number of hydrogen-bond donors (Lipinski definition) is 2. The topological polar surface area (TPSA) is 49.8 Å². The first kappa shape index (κ1) is 12.2. The molecule has 1 aliphatic heterocycles. The summed E-state index contributed by atoms with van der Waals surface area (Å²) in [5, 5.41) is 7.79. The average Bonchev–Trinajstić information content (AvgIpc) is 3.06. The summed E-state index contributed by atoms with van der Waals surface area (Å²) in [6, 6.07) is 0. The standard InChI is InChI=1S/C13H20N4S/c1-18-13-16-11-8-14-7-10(11)12(17-13)15-6-9-4-2-3-5-9/h9,14H,2-8H2,1H3,(H,15,16,17). The second-order valence-electron chi connectivity index (χ2n) is 5.12. The number of aromatic nitrogens is 2. The van der Waals surface area contributed by atoms with Crippen molar-refractivity contribution in [2.45, 2.75) is 43.9 Å². The molecular formula is C13H20N4S. The van der Waals surface area contributed by atoms with E-state index in [-0.39, 0.29) is 0 Å². The van der Waals surface area contributed by atoms with E-state index in [1.54, 1.807) is 11.8 Å². The molecule has 1 aliphatic carbocycles. The zero-order chi connectivity index (χ0) is 12.4. The first-order valence-electron chi connectivity index (χ1n) is 6.75. The summed E-state index contributed by atoms with van der Waals surface area (Å²) in [5.74, 6) is 1.89. The first-order valence-corrected chi connectivity index (χ1v) is 7.97. The molecule has 0 unspecified atom stereocenters. The van der Waals surface area contributed by atoms with Gasteiger partial charge in [-0.25, -0.2) is 9.97 Å². The molecular weight excluding hydrogens is 244 g/mol. The summed E-state index contributed by atoms with van der Waals surface area (Å²) in [4.78, 5) is 9.19. The van der Waals surface area contributed by atoms with E-state index in [9.17, 15) is 0 Å². The molecule has 18 heavy (non-hydrogen) atoms. The Kier molecular flexibility index (Phi) is 3.70. The Morgan fingerprint density at radius 2 is 2.11 bits per heavy atom. The molecule has 5 heteroatoms. The lowest BCUT2D eigenvalue weighted by Crippen LogP contribution is -2.14. The normalized spacial score (nSPS) is 19.2. The van der Waals surface area contributed by atoms with Gasteiger partial charge in [-0.1, -0.05) is 24.6 Å². The van der Waals surface area contributed by atoms with Gasteiger partial charge in [-0.15, -0.1) is 0 Å². The second kappa shape index (κ2) is 5.45. The maximum absolute atomic E-state index is 4.62. The van der Waals surface area contributed by atoms with E-state index in [1.807, 2.05) is 6.26 Å². The molecule has 0 atom stereocenters. The predicted molar refractivity (Wildman–Crippen MR) is 74.8 cm³/mol. The van der Waals surface area contributed by atoms with Gasteiger partial charge in [0.15, 0.2) is 5.16 Å². The fourth-order valence-electron chi connectivity index (χ4n) is 2.84. The fraction of sp³-hybridized carbons (Fsp3) is 0.692. The van der Waals surface area contributed by atoms with Gasteiger partial charge in [-0.05, 0) is 25.0 Å². The van der Waals surface area contributed by atoms with E-state index >= 15 is 0 Å². The fourth-order valence-corrected chi connectivity index (χ4v) is 3.22. The van der Waals surface area contributed by atoms with E-state index in [0.717, 1.165) is 36.5 Å². The van der Waals surface area contributed by atoms with Gasteiger partial charge in [0.05, 0.1) is 5.69 Å². The highest BCUT2D eigenvalue weighted by atomic mass is 32.2. The molecule has 1 saturated carbocycles. The minimum Gasteiger partial charge on any atom is -0.369 e. The molecule has 2 N–H and O–H groups in total. The van der Waals surface area contributed by atoms with Gasteiger partial charge in [0.25, 0.3) is 0 Å². The predicted octanol–water partition coefficient (Wildman–Crippen LogP) is 2.40. The van der Waals surface area contributed by atoms with E-state index in [2.05, 4.69) is 20.6 Å². The molecule has 0 amide bonds. The monoisotopic (exact) mass is 264 g/mol. The summed E-state index contributed by atoms with van der Waals surface area (Å²) in [7, 11) is 0. The number of anilines is 1. The van der Waals surface area contributed by atoms with Crippen molar-refractivity contribution in [2.75, 3.05) is 18.1 Å². The van der Waals surface area contributed by atoms with Crippen LogP contribution in [0.15, 0.2) is 5.16 Å². The average molecular weight is 264 g/mol. The van der Waals surface area contributed by atoms with E-state index < -0.39 is 0 Å². The Morgan fingerprint density at radius 1 is 1.28 bits per heavy atom. The minimum atomic E-state index is 0.836. The van der Waals surface area contributed by atoms with Crippen LogP contribution in [0.4, 0.5) is 5.82 Å². The molecule has 4 nitrogen and oxygen atoms in total. The van der Waals surface area contributed by atoms with Crippen molar-refractivity contribution in [3.8, 4) is 0 Å². The quantitative estimate of drug-likeness (QED) is 0.646. The zero-order valence-electron chi connectivity index (χ0n) is 10.8. The molecule has 1 aromatic heterocycles. The molecule has 0 radical (unpaired) electrons. The molecule has 98 valence electrons. The van der Waals surface area contributed by atoms with Gasteiger partial charge in [-0.3, -0.25) is 0 Å². The molecule has 0 bridgehead atoms. The van der Waals surface area contributed by atoms with Crippen LogP contribution in [0.5, 0.6) is 0 Å². The van der Waals surface area contributed by atoms with Gasteiger partial charge in [0.1, 0.15) is 5.82 Å². The Balaban J connectivity index is 1.75. The van der Waals surface area contributed by atoms with E-state index in [4.69, 9.17) is 0 Å². The summed E-state index contributed by atoms with van der Waals surface area (Å²) < 4.78 is 0. The van der Waals surface area contributed by atoms with Crippen molar-refractivity contribution in [2.24, 2.45) is 5.92 Å². The van der Waals surface area contributed by atoms with Crippen molar-refractivity contribution < 1.29 is 0 Å². The summed E-state index contributed by atoms with van der Waals surface area (Å²) in [6.45, 7) is 2.85. The molecule has 0 spiro atoms. The maximum Gasteiger partial charge on any atom is 0.189 e. The third kappa shape index (κ3) is 2.47. The summed E-state index contributed by atoms with van der Waals surface area (Å²) in [6.07, 6.45) is 7.56. The molecule has 2 heterocycles. The molecule has 1 fully saturated rings. The van der Waals surface area contributed by atoms with Gasteiger partial charge in [-0.2, -0.15) is 0 Å². The van der Waals surface area contributed by atoms with Crippen molar-refractivity contribution in [3.05, 3.63) is 11.3 Å². The zero-order valence-corrected chi connectivity index (χ0v) is 11.6. The van der Waals surface area contributed by atoms with Crippen LogP contribution in [0, 0.1) is 5.92 Å². The van der Waals surface area contributed by atoms with Crippen molar-refractivity contribution >= 4 is 17.6 Å².